The third kappa shape index (κ3) is 3.04. The molecule has 0 saturated heterocycles. The van der Waals surface area contributed by atoms with Crippen LogP contribution in [0, 0.1) is 5.82 Å². The normalized spacial score (nSPS) is 14.0. The molecule has 2 N–H and O–H groups in total. The first-order valence-corrected chi connectivity index (χ1v) is 4.62. The van der Waals surface area contributed by atoms with Crippen LogP contribution in [-0.4, -0.2) is 27.8 Å². The summed E-state index contributed by atoms with van der Waals surface area (Å²) in [6.07, 6.45) is -2.09. The molecule has 0 aliphatic heterocycles. The molecule has 1 aromatic heterocycles. The van der Waals surface area contributed by atoms with Gasteiger partial charge >= 0.3 is 0 Å². The molecule has 1 rings (SSSR count). The molecule has 0 amide bonds. The van der Waals surface area contributed by atoms with E-state index in [1.54, 1.807) is 0 Å². The smallest absolute Gasteiger partial charge is 0.147 e. The van der Waals surface area contributed by atoms with Gasteiger partial charge in [0.1, 0.15) is 17.1 Å². The number of rotatable bonds is 4. The van der Waals surface area contributed by atoms with Gasteiger partial charge in [-0.2, -0.15) is 0 Å². The Hall–Kier alpha value is -1.40. The van der Waals surface area contributed by atoms with Gasteiger partial charge in [0.25, 0.3) is 0 Å². The van der Waals surface area contributed by atoms with Gasteiger partial charge in [0.2, 0.25) is 0 Å². The Balaban J connectivity index is 2.90. The number of aromatic nitrogens is 1. The van der Waals surface area contributed by atoms with Crippen molar-refractivity contribution in [3.63, 3.8) is 0 Å². The van der Waals surface area contributed by atoms with Crippen molar-refractivity contribution in [2.75, 3.05) is 6.54 Å². The lowest BCUT2D eigenvalue weighted by molar-refractivity contribution is 0.0222. The molecule has 0 radical (unpaired) electrons. The molecule has 16 heavy (non-hydrogen) atoms. The largest absolute Gasteiger partial charge is 0.390 e. The molecule has 0 aliphatic carbocycles. The minimum Gasteiger partial charge on any atom is -0.390 e. The second-order valence-corrected chi connectivity index (χ2v) is 3.34. The fraction of sp³-hybridized carbons (Fsp3) is 0.375. The number of hydrogen-bond acceptors (Lipinski definition) is 4. The van der Waals surface area contributed by atoms with E-state index in [0.29, 0.717) is 0 Å². The summed E-state index contributed by atoms with van der Waals surface area (Å²) < 4.78 is 13.2. The van der Waals surface area contributed by atoms with Gasteiger partial charge in [-0.25, -0.2) is 9.37 Å². The van der Waals surface area contributed by atoms with Gasteiger partial charge in [0, 0.05) is 10.5 Å². The predicted molar refractivity (Wildman–Crippen MR) is 54.2 cm³/mol. The maximum atomic E-state index is 13.2. The number of nitrogens with zero attached hydrogens (tertiary/aromatic N) is 4. The Morgan fingerprint density at radius 1 is 1.62 bits per heavy atom. The van der Waals surface area contributed by atoms with Crippen molar-refractivity contribution in [2.45, 2.75) is 12.2 Å². The lowest BCUT2D eigenvalue weighted by Crippen LogP contribution is -2.22. The molecule has 0 spiro atoms. The highest BCUT2D eigenvalue weighted by atomic mass is 35.5. The van der Waals surface area contributed by atoms with Crippen molar-refractivity contribution in [3.8, 4) is 0 Å². The van der Waals surface area contributed by atoms with E-state index < -0.39 is 18.0 Å². The van der Waals surface area contributed by atoms with Crippen LogP contribution in [0.2, 0.25) is 5.15 Å². The van der Waals surface area contributed by atoms with E-state index in [0.717, 1.165) is 12.3 Å². The molecule has 2 unspecified atom stereocenters. The zero-order chi connectivity index (χ0) is 12.1. The van der Waals surface area contributed by atoms with Gasteiger partial charge in [-0.15, -0.1) is 0 Å². The van der Waals surface area contributed by atoms with Gasteiger partial charge in [-0.3, -0.25) is 0 Å². The summed E-state index contributed by atoms with van der Waals surface area (Å²) in [5.74, 6) is -0.795. The molecular weight excluding hydrogens is 239 g/mol. The third-order valence-corrected chi connectivity index (χ3v) is 2.07. The van der Waals surface area contributed by atoms with Crippen LogP contribution in [-0.2, 0) is 0 Å². The highest BCUT2D eigenvalue weighted by Crippen LogP contribution is 2.22. The number of pyridine rings is 1. The SMILES string of the molecule is [N-]=[N+]=NCC(O)C(O)c1cc(Cl)ncc1F. The van der Waals surface area contributed by atoms with Crippen molar-refractivity contribution < 1.29 is 14.6 Å². The van der Waals surface area contributed by atoms with E-state index in [9.17, 15) is 14.6 Å². The van der Waals surface area contributed by atoms with Crippen molar-refractivity contribution >= 4 is 11.6 Å². The summed E-state index contributed by atoms with van der Waals surface area (Å²) >= 11 is 5.52. The van der Waals surface area contributed by atoms with E-state index in [2.05, 4.69) is 15.0 Å². The minimum absolute atomic E-state index is 0.00793. The van der Waals surface area contributed by atoms with E-state index >= 15 is 0 Å². The lowest BCUT2D eigenvalue weighted by Gasteiger charge is -2.16. The average Bonchev–Trinajstić information content (AvgIpc) is 2.28. The van der Waals surface area contributed by atoms with Gasteiger partial charge in [0.15, 0.2) is 0 Å². The minimum atomic E-state index is -1.52. The predicted octanol–water partition coefficient (Wildman–Crippen LogP) is 1.58. The number of azide groups is 1. The highest BCUT2D eigenvalue weighted by molar-refractivity contribution is 6.29. The summed E-state index contributed by atoms with van der Waals surface area (Å²) in [4.78, 5) is 5.87. The molecule has 1 aromatic rings. The second-order valence-electron chi connectivity index (χ2n) is 2.95. The average molecular weight is 247 g/mol. The van der Waals surface area contributed by atoms with Crippen molar-refractivity contribution in [2.24, 2.45) is 5.11 Å². The Morgan fingerprint density at radius 3 is 2.94 bits per heavy atom. The second kappa shape index (κ2) is 5.62. The Kier molecular flexibility index (Phi) is 4.45. The summed E-state index contributed by atoms with van der Waals surface area (Å²) in [6, 6.07) is 1.10. The van der Waals surface area contributed by atoms with Gasteiger partial charge < -0.3 is 10.2 Å². The summed E-state index contributed by atoms with van der Waals surface area (Å²) in [7, 11) is 0. The first kappa shape index (κ1) is 12.7. The van der Waals surface area contributed by atoms with Gasteiger partial charge in [0.05, 0.1) is 18.8 Å². The maximum Gasteiger partial charge on any atom is 0.147 e. The Morgan fingerprint density at radius 2 is 2.31 bits per heavy atom. The van der Waals surface area contributed by atoms with Crippen LogP contribution in [0.1, 0.15) is 11.7 Å². The Labute approximate surface area is 94.9 Å². The van der Waals surface area contributed by atoms with Crippen LogP contribution in [0.25, 0.3) is 10.4 Å². The number of hydrogen-bond donors (Lipinski definition) is 2. The maximum absolute atomic E-state index is 13.2. The van der Waals surface area contributed by atoms with Crippen molar-refractivity contribution in [1.29, 1.82) is 0 Å². The molecule has 0 saturated carbocycles. The van der Waals surface area contributed by atoms with Crippen LogP contribution in [0.15, 0.2) is 17.4 Å². The van der Waals surface area contributed by atoms with Gasteiger partial charge in [-0.1, -0.05) is 16.7 Å². The molecular formula is C8H8ClFN4O2. The number of aliphatic hydroxyl groups excluding tert-OH is 2. The molecule has 0 bridgehead atoms. The summed E-state index contributed by atoms with van der Waals surface area (Å²) in [5, 5.41) is 22.0. The standard InChI is InChI=1S/C8H8ClFN4O2/c9-7-1-4(5(10)2-12-7)8(16)6(15)3-13-14-11/h1-2,6,8,15-16H,3H2. The molecule has 0 fully saturated rings. The molecule has 2 atom stereocenters. The van der Waals surface area contributed by atoms with Gasteiger partial charge in [-0.05, 0) is 11.6 Å². The molecule has 0 aromatic carbocycles. The first-order chi connectivity index (χ1) is 7.56. The highest BCUT2D eigenvalue weighted by Gasteiger charge is 2.21. The molecule has 0 aliphatic rings. The van der Waals surface area contributed by atoms with Crippen LogP contribution in [0.5, 0.6) is 0 Å². The van der Waals surface area contributed by atoms with Crippen LogP contribution in [0.3, 0.4) is 0 Å². The van der Waals surface area contributed by atoms with Crippen molar-refractivity contribution in [3.05, 3.63) is 39.2 Å². The molecule has 1 heterocycles. The van der Waals surface area contributed by atoms with Crippen molar-refractivity contribution in [1.82, 2.24) is 4.98 Å². The van der Waals surface area contributed by atoms with E-state index in [4.69, 9.17) is 17.1 Å². The summed E-state index contributed by atoms with van der Waals surface area (Å²) in [5.41, 5.74) is 7.83. The fourth-order valence-corrected chi connectivity index (χ4v) is 1.25. The molecule has 8 heteroatoms. The summed E-state index contributed by atoms with van der Waals surface area (Å²) in [6.45, 7) is -0.364. The number of aliphatic hydroxyl groups is 2. The van der Waals surface area contributed by atoms with E-state index in [1.807, 2.05) is 0 Å². The first-order valence-electron chi connectivity index (χ1n) is 4.24. The monoisotopic (exact) mass is 246 g/mol. The zero-order valence-corrected chi connectivity index (χ0v) is 8.71. The Bertz CT molecular complexity index is 424. The molecule has 86 valence electrons. The van der Waals surface area contributed by atoms with Crippen LogP contribution in [0.4, 0.5) is 4.39 Å². The quantitative estimate of drug-likeness (QED) is 0.365. The topological polar surface area (TPSA) is 102 Å². The van der Waals surface area contributed by atoms with Crippen LogP contribution < -0.4 is 0 Å². The fourth-order valence-electron chi connectivity index (χ4n) is 1.08. The third-order valence-electron chi connectivity index (χ3n) is 1.87. The van der Waals surface area contributed by atoms with E-state index in [1.165, 1.54) is 0 Å². The molecule has 6 nitrogen and oxygen atoms in total. The zero-order valence-electron chi connectivity index (χ0n) is 7.96. The van der Waals surface area contributed by atoms with Crippen LogP contribution >= 0.6 is 11.6 Å². The lowest BCUT2D eigenvalue weighted by atomic mass is 10.1. The number of halogens is 2. The van der Waals surface area contributed by atoms with E-state index in [-0.39, 0.29) is 17.3 Å².